The van der Waals surface area contributed by atoms with E-state index < -0.39 is 11.7 Å². The van der Waals surface area contributed by atoms with E-state index in [1.807, 2.05) is 57.2 Å². The van der Waals surface area contributed by atoms with Crippen molar-refractivity contribution in [2.75, 3.05) is 24.6 Å². The summed E-state index contributed by atoms with van der Waals surface area (Å²) in [4.78, 5) is 31.8. The number of benzene rings is 2. The second-order valence-corrected chi connectivity index (χ2v) is 9.17. The molecule has 0 atom stereocenters. The highest BCUT2D eigenvalue weighted by Crippen LogP contribution is 2.36. The molecule has 1 aliphatic rings. The van der Waals surface area contributed by atoms with Gasteiger partial charge in [-0.3, -0.25) is 4.79 Å². The highest BCUT2D eigenvalue weighted by molar-refractivity contribution is 6.33. The monoisotopic (exact) mass is 455 g/mol. The Balaban J connectivity index is 1.72. The largest absolute Gasteiger partial charge is 0.466 e. The minimum Gasteiger partial charge on any atom is -0.466 e. The van der Waals surface area contributed by atoms with Gasteiger partial charge in [0.05, 0.1) is 28.6 Å². The number of ether oxygens (including phenoxy) is 2. The third-order valence-corrected chi connectivity index (χ3v) is 5.52. The second-order valence-electron chi connectivity index (χ2n) is 8.76. The quantitative estimate of drug-likeness (QED) is 0.507. The van der Waals surface area contributed by atoms with E-state index in [-0.39, 0.29) is 11.9 Å². The van der Waals surface area contributed by atoms with Crippen LogP contribution in [0.15, 0.2) is 42.5 Å². The molecule has 0 radical (unpaired) electrons. The van der Waals surface area contributed by atoms with Crippen LogP contribution in [0.3, 0.4) is 0 Å². The summed E-state index contributed by atoms with van der Waals surface area (Å²) in [5, 5.41) is 0.469. The molecule has 7 nitrogen and oxygen atoms in total. The van der Waals surface area contributed by atoms with Crippen molar-refractivity contribution in [2.45, 2.75) is 33.3 Å². The fourth-order valence-corrected chi connectivity index (χ4v) is 3.88. The fourth-order valence-electron chi connectivity index (χ4n) is 3.68. The number of para-hydroxylation sites is 2. The summed E-state index contributed by atoms with van der Waals surface area (Å²) in [6.45, 7) is 8.78. The Morgan fingerprint density at radius 2 is 1.88 bits per heavy atom. The van der Waals surface area contributed by atoms with Gasteiger partial charge < -0.3 is 14.4 Å². The molecule has 3 aromatic rings. The van der Waals surface area contributed by atoms with Crippen molar-refractivity contribution in [3.8, 4) is 11.4 Å². The molecule has 1 fully saturated rings. The van der Waals surface area contributed by atoms with Crippen molar-refractivity contribution in [3.63, 3.8) is 0 Å². The van der Waals surface area contributed by atoms with Gasteiger partial charge >= 0.3 is 12.1 Å². The first-order valence-electron chi connectivity index (χ1n) is 10.6. The fraction of sp³-hybridized carbons (Fsp3) is 0.375. The molecule has 1 saturated heterocycles. The van der Waals surface area contributed by atoms with Crippen LogP contribution in [-0.2, 0) is 14.3 Å². The first-order chi connectivity index (χ1) is 15.2. The van der Waals surface area contributed by atoms with Gasteiger partial charge in [0.15, 0.2) is 5.82 Å². The molecule has 168 valence electrons. The average molecular weight is 456 g/mol. The van der Waals surface area contributed by atoms with Gasteiger partial charge in [-0.05, 0) is 58.0 Å². The number of esters is 1. The molecular weight excluding hydrogens is 430 g/mol. The Bertz CT molecular complexity index is 1180. The van der Waals surface area contributed by atoms with Crippen molar-refractivity contribution in [3.05, 3.63) is 47.5 Å². The molecule has 8 heteroatoms. The molecule has 0 saturated carbocycles. The van der Waals surface area contributed by atoms with Crippen molar-refractivity contribution >= 4 is 40.4 Å². The first-order valence-corrected chi connectivity index (χ1v) is 11.0. The van der Waals surface area contributed by atoms with Crippen LogP contribution in [0.1, 0.15) is 27.7 Å². The van der Waals surface area contributed by atoms with E-state index in [1.54, 1.807) is 13.0 Å². The number of nitrogens with zero attached hydrogens (tertiary/aromatic N) is 3. The van der Waals surface area contributed by atoms with E-state index in [0.717, 1.165) is 5.69 Å². The zero-order chi connectivity index (χ0) is 23.0. The van der Waals surface area contributed by atoms with Gasteiger partial charge in [0.25, 0.3) is 0 Å². The predicted molar refractivity (Wildman–Crippen MR) is 124 cm³/mol. The van der Waals surface area contributed by atoms with Gasteiger partial charge in [-0.25, -0.2) is 14.3 Å². The molecule has 4 rings (SSSR count). The van der Waals surface area contributed by atoms with Crippen LogP contribution in [0.2, 0.25) is 5.02 Å². The smallest absolute Gasteiger partial charge is 0.420 e. The number of anilines is 1. The number of carbonyl (C=O) groups is 2. The number of imidazole rings is 1. The summed E-state index contributed by atoms with van der Waals surface area (Å²) in [5.41, 5.74) is 2.16. The summed E-state index contributed by atoms with van der Waals surface area (Å²) in [6.07, 6.45) is -0.519. The molecule has 0 bridgehead atoms. The van der Waals surface area contributed by atoms with E-state index >= 15 is 0 Å². The number of halogens is 1. The van der Waals surface area contributed by atoms with Gasteiger partial charge in [-0.2, -0.15) is 0 Å². The molecule has 32 heavy (non-hydrogen) atoms. The van der Waals surface area contributed by atoms with Gasteiger partial charge in [-0.15, -0.1) is 0 Å². The van der Waals surface area contributed by atoms with E-state index in [9.17, 15) is 9.59 Å². The van der Waals surface area contributed by atoms with Gasteiger partial charge in [0.1, 0.15) is 5.60 Å². The Morgan fingerprint density at radius 3 is 2.56 bits per heavy atom. The highest BCUT2D eigenvalue weighted by Gasteiger charge is 2.34. The number of fused-ring (bicyclic) bond motifs is 1. The Labute approximate surface area is 191 Å². The van der Waals surface area contributed by atoms with Crippen molar-refractivity contribution in [1.82, 2.24) is 9.55 Å². The standard InChI is InChI=1S/C24H26ClN3O4/c1-5-31-22(29)15-13-27(14-15)16-10-11-18(25)17(12-16)21-26-19-8-6-7-9-20(19)28(21)23(30)32-24(2,3)4/h6-12,15H,5,13-14H2,1-4H3. The van der Waals surface area contributed by atoms with E-state index in [0.29, 0.717) is 47.1 Å². The minimum atomic E-state index is -0.662. The molecule has 1 aliphatic heterocycles. The van der Waals surface area contributed by atoms with E-state index in [1.165, 1.54) is 4.57 Å². The van der Waals surface area contributed by atoms with Gasteiger partial charge in [0, 0.05) is 24.3 Å². The lowest BCUT2D eigenvalue weighted by Crippen LogP contribution is -2.51. The summed E-state index contributed by atoms with van der Waals surface area (Å²) >= 11 is 6.56. The van der Waals surface area contributed by atoms with Crippen LogP contribution in [0.25, 0.3) is 22.4 Å². The third-order valence-electron chi connectivity index (χ3n) is 5.19. The SMILES string of the molecule is CCOC(=O)C1CN(c2ccc(Cl)c(-c3nc4ccccc4n3C(=O)OC(C)(C)C)c2)C1. The topological polar surface area (TPSA) is 73.7 Å². The van der Waals surface area contributed by atoms with E-state index in [2.05, 4.69) is 4.90 Å². The Hall–Kier alpha value is -3.06. The zero-order valence-corrected chi connectivity index (χ0v) is 19.3. The number of carbonyl (C=O) groups excluding carboxylic acids is 2. The maximum Gasteiger partial charge on any atom is 0.420 e. The number of hydrogen-bond donors (Lipinski definition) is 0. The molecule has 0 aliphatic carbocycles. The van der Waals surface area contributed by atoms with Crippen LogP contribution in [0, 0.1) is 5.92 Å². The average Bonchev–Trinajstić information content (AvgIpc) is 3.06. The molecule has 0 spiro atoms. The maximum absolute atomic E-state index is 13.1. The maximum atomic E-state index is 13.1. The Kier molecular flexibility index (Phi) is 5.86. The molecule has 2 aromatic carbocycles. The molecule has 2 heterocycles. The van der Waals surface area contributed by atoms with Gasteiger partial charge in [-0.1, -0.05) is 23.7 Å². The van der Waals surface area contributed by atoms with Crippen LogP contribution in [-0.4, -0.2) is 46.9 Å². The lowest BCUT2D eigenvalue weighted by Gasteiger charge is -2.39. The first kappa shape index (κ1) is 22.1. The second kappa shape index (κ2) is 8.47. The zero-order valence-electron chi connectivity index (χ0n) is 18.6. The highest BCUT2D eigenvalue weighted by atomic mass is 35.5. The van der Waals surface area contributed by atoms with Crippen molar-refractivity contribution in [1.29, 1.82) is 0 Å². The van der Waals surface area contributed by atoms with Crippen LogP contribution < -0.4 is 4.90 Å². The molecule has 1 aromatic heterocycles. The van der Waals surface area contributed by atoms with Crippen LogP contribution >= 0.6 is 11.6 Å². The molecule has 0 amide bonds. The summed E-state index contributed by atoms with van der Waals surface area (Å²) in [5.74, 6) is 0.0971. The van der Waals surface area contributed by atoms with E-state index in [4.69, 9.17) is 26.1 Å². The van der Waals surface area contributed by atoms with Gasteiger partial charge in [0.2, 0.25) is 0 Å². The molecule has 0 unspecified atom stereocenters. The molecular formula is C24H26ClN3O4. The van der Waals surface area contributed by atoms with Crippen molar-refractivity contribution < 1.29 is 19.1 Å². The lowest BCUT2D eigenvalue weighted by molar-refractivity contribution is -0.148. The summed E-state index contributed by atoms with van der Waals surface area (Å²) < 4.78 is 12.2. The third kappa shape index (κ3) is 4.30. The number of aromatic nitrogens is 2. The summed E-state index contributed by atoms with van der Waals surface area (Å²) in [7, 11) is 0. The minimum absolute atomic E-state index is 0.139. The lowest BCUT2D eigenvalue weighted by atomic mass is 9.99. The van der Waals surface area contributed by atoms with Crippen LogP contribution in [0.5, 0.6) is 0 Å². The molecule has 0 N–H and O–H groups in total. The Morgan fingerprint density at radius 1 is 1.16 bits per heavy atom. The van der Waals surface area contributed by atoms with Crippen LogP contribution in [0.4, 0.5) is 10.5 Å². The predicted octanol–water partition coefficient (Wildman–Crippen LogP) is 5.14. The summed E-state index contributed by atoms with van der Waals surface area (Å²) in [6, 6.07) is 13.0. The number of rotatable bonds is 4. The number of hydrogen-bond acceptors (Lipinski definition) is 6. The van der Waals surface area contributed by atoms with Crippen molar-refractivity contribution in [2.24, 2.45) is 5.92 Å². The normalized spacial score (nSPS) is 14.3.